The van der Waals surface area contributed by atoms with Gasteiger partial charge in [0.2, 0.25) is 0 Å². The van der Waals surface area contributed by atoms with E-state index in [-0.39, 0.29) is 11.6 Å². The van der Waals surface area contributed by atoms with E-state index in [1.165, 1.54) is 23.8 Å². The molecule has 0 aliphatic heterocycles. The summed E-state index contributed by atoms with van der Waals surface area (Å²) in [7, 11) is 0. The van der Waals surface area contributed by atoms with Crippen LogP contribution in [-0.4, -0.2) is 16.9 Å². The predicted octanol–water partition coefficient (Wildman–Crippen LogP) is 4.74. The molecule has 2 rings (SSSR count). The third-order valence-corrected chi connectivity index (χ3v) is 4.22. The number of rotatable bonds is 6. The van der Waals surface area contributed by atoms with Gasteiger partial charge < -0.3 is 10.1 Å². The van der Waals surface area contributed by atoms with Gasteiger partial charge in [0.1, 0.15) is 5.75 Å². The van der Waals surface area contributed by atoms with Crippen molar-refractivity contribution < 1.29 is 14.5 Å². The minimum Gasteiger partial charge on any atom is -0.481 e. The summed E-state index contributed by atoms with van der Waals surface area (Å²) in [6.45, 7) is 9.66. The molecule has 26 heavy (non-hydrogen) atoms. The van der Waals surface area contributed by atoms with Gasteiger partial charge in [-0.1, -0.05) is 19.9 Å². The zero-order valence-corrected chi connectivity index (χ0v) is 15.7. The van der Waals surface area contributed by atoms with E-state index in [9.17, 15) is 14.9 Å². The zero-order valence-electron chi connectivity index (χ0n) is 15.7. The second kappa shape index (κ2) is 7.99. The molecule has 1 amide bonds. The maximum Gasteiger partial charge on any atom is 0.269 e. The van der Waals surface area contributed by atoms with Crippen LogP contribution in [0, 0.1) is 24.0 Å². The Morgan fingerprint density at radius 3 is 2.31 bits per heavy atom. The summed E-state index contributed by atoms with van der Waals surface area (Å²) in [6, 6.07) is 10.1. The lowest BCUT2D eigenvalue weighted by Gasteiger charge is -2.17. The molecule has 0 aliphatic carbocycles. The number of benzene rings is 2. The molecule has 0 saturated heterocycles. The molecule has 0 saturated carbocycles. The molecule has 6 nitrogen and oxygen atoms in total. The van der Waals surface area contributed by atoms with Gasteiger partial charge in [-0.05, 0) is 61.6 Å². The molecule has 1 atom stereocenters. The lowest BCUT2D eigenvalue weighted by atomic mass is 9.98. The average Bonchev–Trinajstić information content (AvgIpc) is 2.56. The summed E-state index contributed by atoms with van der Waals surface area (Å²) in [5.41, 5.74) is 3.51. The lowest BCUT2D eigenvalue weighted by Crippen LogP contribution is -2.30. The minimum atomic E-state index is -0.700. The number of hydrogen-bond donors (Lipinski definition) is 1. The maximum atomic E-state index is 12.4. The second-order valence-corrected chi connectivity index (χ2v) is 6.68. The molecule has 0 fully saturated rings. The van der Waals surface area contributed by atoms with Crippen molar-refractivity contribution in [2.45, 2.75) is 46.6 Å². The van der Waals surface area contributed by atoms with Crippen molar-refractivity contribution in [3.63, 3.8) is 0 Å². The first-order chi connectivity index (χ1) is 12.2. The maximum absolute atomic E-state index is 12.4. The molecule has 138 valence electrons. The average molecular weight is 356 g/mol. The largest absolute Gasteiger partial charge is 0.481 e. The summed E-state index contributed by atoms with van der Waals surface area (Å²) in [4.78, 5) is 22.7. The third kappa shape index (κ3) is 4.59. The predicted molar refractivity (Wildman–Crippen MR) is 102 cm³/mol. The molecule has 0 radical (unpaired) electrons. The Hall–Kier alpha value is -2.89. The highest BCUT2D eigenvalue weighted by Gasteiger charge is 2.17. The summed E-state index contributed by atoms with van der Waals surface area (Å²) < 4.78 is 5.75. The number of nitrogens with zero attached hydrogens (tertiary/aromatic N) is 1. The van der Waals surface area contributed by atoms with E-state index in [0.717, 1.165) is 5.56 Å². The molecule has 0 bridgehead atoms. The fourth-order valence-electron chi connectivity index (χ4n) is 2.76. The van der Waals surface area contributed by atoms with E-state index in [2.05, 4.69) is 19.2 Å². The highest BCUT2D eigenvalue weighted by Crippen LogP contribution is 2.25. The fraction of sp³-hybridized carbons (Fsp3) is 0.350. The van der Waals surface area contributed by atoms with Crippen LogP contribution in [0.25, 0.3) is 0 Å². The van der Waals surface area contributed by atoms with Crippen molar-refractivity contribution in [1.29, 1.82) is 0 Å². The summed E-state index contributed by atoms with van der Waals surface area (Å²) in [5, 5.41) is 13.5. The van der Waals surface area contributed by atoms with Crippen LogP contribution in [0.2, 0.25) is 0 Å². The first kappa shape index (κ1) is 19.4. The van der Waals surface area contributed by atoms with Crippen molar-refractivity contribution >= 4 is 17.3 Å². The highest BCUT2D eigenvalue weighted by atomic mass is 16.6. The number of ether oxygens (including phenoxy) is 1. The van der Waals surface area contributed by atoms with E-state index >= 15 is 0 Å². The summed E-state index contributed by atoms with van der Waals surface area (Å²) in [5.74, 6) is 0.748. The highest BCUT2D eigenvalue weighted by molar-refractivity contribution is 5.94. The Balaban J connectivity index is 2.06. The SMILES string of the molecule is Cc1cc([N+](=O)[O-])ccc1NC(=O)C(C)Oc1ccc(C(C)C)c(C)c1. The first-order valence-electron chi connectivity index (χ1n) is 8.52. The number of carbonyl (C=O) groups excluding carboxylic acids is 1. The van der Waals surface area contributed by atoms with Gasteiger partial charge in [-0.2, -0.15) is 0 Å². The van der Waals surface area contributed by atoms with Gasteiger partial charge in [0.25, 0.3) is 11.6 Å². The number of nitro benzene ring substituents is 1. The molecular formula is C20H24N2O4. The van der Waals surface area contributed by atoms with E-state index in [1.54, 1.807) is 13.8 Å². The monoisotopic (exact) mass is 356 g/mol. The van der Waals surface area contributed by atoms with E-state index in [1.807, 2.05) is 25.1 Å². The Bertz CT molecular complexity index is 831. The molecular weight excluding hydrogens is 332 g/mol. The molecule has 0 aliphatic rings. The van der Waals surface area contributed by atoms with Crippen molar-refractivity contribution in [3.8, 4) is 5.75 Å². The van der Waals surface area contributed by atoms with Crippen LogP contribution < -0.4 is 10.1 Å². The number of nitro groups is 1. The normalized spacial score (nSPS) is 11.9. The zero-order chi connectivity index (χ0) is 19.4. The van der Waals surface area contributed by atoms with Crippen molar-refractivity contribution in [2.24, 2.45) is 0 Å². The van der Waals surface area contributed by atoms with Crippen molar-refractivity contribution in [2.75, 3.05) is 5.32 Å². The first-order valence-corrected chi connectivity index (χ1v) is 8.52. The van der Waals surface area contributed by atoms with Crippen LogP contribution in [-0.2, 0) is 4.79 Å². The van der Waals surface area contributed by atoms with E-state index < -0.39 is 11.0 Å². The van der Waals surface area contributed by atoms with Gasteiger partial charge in [-0.3, -0.25) is 14.9 Å². The van der Waals surface area contributed by atoms with Crippen LogP contribution in [0.4, 0.5) is 11.4 Å². The van der Waals surface area contributed by atoms with Gasteiger partial charge >= 0.3 is 0 Å². The van der Waals surface area contributed by atoms with Gasteiger partial charge in [-0.25, -0.2) is 0 Å². The number of anilines is 1. The van der Waals surface area contributed by atoms with Gasteiger partial charge in [0, 0.05) is 17.8 Å². The van der Waals surface area contributed by atoms with Crippen LogP contribution in [0.15, 0.2) is 36.4 Å². The summed E-state index contributed by atoms with van der Waals surface area (Å²) >= 11 is 0. The quantitative estimate of drug-likeness (QED) is 0.598. The standard InChI is InChI=1S/C20H24N2O4/c1-12(2)18-8-7-17(11-13(18)3)26-15(5)20(23)21-19-9-6-16(22(24)25)10-14(19)4/h6-12,15H,1-5H3,(H,21,23). The molecule has 2 aromatic rings. The lowest BCUT2D eigenvalue weighted by molar-refractivity contribution is -0.384. The van der Waals surface area contributed by atoms with Crippen molar-refractivity contribution in [3.05, 3.63) is 63.2 Å². The Labute approximate surface area is 153 Å². The molecule has 6 heteroatoms. The molecule has 0 heterocycles. The number of carbonyl (C=O) groups is 1. The van der Waals surface area contributed by atoms with E-state index in [4.69, 9.17) is 4.74 Å². The molecule has 0 spiro atoms. The number of hydrogen-bond acceptors (Lipinski definition) is 4. The Morgan fingerprint density at radius 1 is 1.08 bits per heavy atom. The minimum absolute atomic E-state index is 0.00878. The molecule has 2 aromatic carbocycles. The van der Waals surface area contributed by atoms with Crippen LogP contribution in [0.1, 0.15) is 43.4 Å². The number of non-ortho nitro benzene ring substituents is 1. The Kier molecular flexibility index (Phi) is 5.97. The van der Waals surface area contributed by atoms with Crippen molar-refractivity contribution in [1.82, 2.24) is 0 Å². The Morgan fingerprint density at radius 2 is 1.77 bits per heavy atom. The number of nitrogens with one attached hydrogen (secondary N) is 1. The third-order valence-electron chi connectivity index (χ3n) is 4.22. The number of aryl methyl sites for hydroxylation is 2. The summed E-state index contributed by atoms with van der Waals surface area (Å²) in [6.07, 6.45) is -0.700. The van der Waals surface area contributed by atoms with E-state index in [0.29, 0.717) is 22.9 Å². The van der Waals surface area contributed by atoms with Gasteiger partial charge in [0.15, 0.2) is 6.10 Å². The second-order valence-electron chi connectivity index (χ2n) is 6.68. The van der Waals surface area contributed by atoms with Gasteiger partial charge in [0.05, 0.1) is 4.92 Å². The van der Waals surface area contributed by atoms with Crippen LogP contribution >= 0.6 is 0 Å². The fourth-order valence-corrected chi connectivity index (χ4v) is 2.76. The number of amides is 1. The van der Waals surface area contributed by atoms with Crippen LogP contribution in [0.3, 0.4) is 0 Å². The van der Waals surface area contributed by atoms with Crippen LogP contribution in [0.5, 0.6) is 5.75 Å². The molecule has 1 unspecified atom stereocenters. The smallest absolute Gasteiger partial charge is 0.269 e. The molecule has 1 N–H and O–H groups in total. The van der Waals surface area contributed by atoms with Gasteiger partial charge in [-0.15, -0.1) is 0 Å². The molecule has 0 aromatic heterocycles. The topological polar surface area (TPSA) is 81.5 Å².